The molecule has 1 aliphatic carbocycles. The Labute approximate surface area is 170 Å². The molecule has 0 radical (unpaired) electrons. The third-order valence-corrected chi connectivity index (χ3v) is 5.75. The number of aromatic nitrogens is 1. The van der Waals surface area contributed by atoms with E-state index in [2.05, 4.69) is 20.9 Å². The molecule has 1 aliphatic rings. The summed E-state index contributed by atoms with van der Waals surface area (Å²) in [4.78, 5) is 15.4. The third-order valence-electron chi connectivity index (χ3n) is 4.33. The first kappa shape index (κ1) is 23.0. The second-order valence-electron chi connectivity index (χ2n) is 6.12. The maximum Gasteiger partial charge on any atom is 0.384 e. The van der Waals surface area contributed by atoms with E-state index in [1.807, 2.05) is 0 Å². The van der Waals surface area contributed by atoms with E-state index < -0.39 is 46.3 Å². The molecule has 1 aromatic carbocycles. The van der Waals surface area contributed by atoms with Crippen molar-refractivity contribution in [1.82, 2.24) is 4.98 Å². The van der Waals surface area contributed by atoms with Crippen molar-refractivity contribution in [2.45, 2.75) is 35.3 Å². The molecule has 0 aliphatic heterocycles. The van der Waals surface area contributed by atoms with E-state index in [9.17, 15) is 53.1 Å². The van der Waals surface area contributed by atoms with Crippen molar-refractivity contribution >= 4 is 48.5 Å². The van der Waals surface area contributed by atoms with Crippen molar-refractivity contribution < 1.29 is 53.1 Å². The van der Waals surface area contributed by atoms with Gasteiger partial charge in [0.1, 0.15) is 0 Å². The number of carbonyl (C=O) groups excluding carboxylic acids is 1. The summed E-state index contributed by atoms with van der Waals surface area (Å²) in [5.74, 6) is -40.0. The van der Waals surface area contributed by atoms with Crippen molar-refractivity contribution in [1.29, 1.82) is 0 Å². The van der Waals surface area contributed by atoms with Crippen LogP contribution in [-0.2, 0) is 4.79 Å². The van der Waals surface area contributed by atoms with Crippen LogP contribution < -0.4 is 5.32 Å². The Hall–Kier alpha value is -1.71. The van der Waals surface area contributed by atoms with E-state index in [-0.39, 0.29) is 10.2 Å². The molecule has 166 valence electrons. The molecule has 0 spiro atoms. The van der Waals surface area contributed by atoms with Gasteiger partial charge >= 0.3 is 35.3 Å². The number of nitrogens with zero attached hydrogens (tertiary/aromatic N) is 1. The highest BCUT2D eigenvalue weighted by atomic mass is 79.9. The fourth-order valence-electron chi connectivity index (χ4n) is 2.64. The van der Waals surface area contributed by atoms with Gasteiger partial charge in [0.25, 0.3) is 5.91 Å². The van der Waals surface area contributed by atoms with E-state index >= 15 is 0 Å². The number of alkyl halides is 11. The molecular weight excluding hydrogens is 533 g/mol. The predicted molar refractivity (Wildman–Crippen MR) is 84.5 cm³/mol. The largest absolute Gasteiger partial charge is 0.384 e. The number of rotatable bonds is 2. The number of anilines is 1. The zero-order valence-corrected chi connectivity index (χ0v) is 15.9. The van der Waals surface area contributed by atoms with Gasteiger partial charge in [-0.3, -0.25) is 10.1 Å². The zero-order chi connectivity index (χ0) is 23.1. The zero-order valence-electron chi connectivity index (χ0n) is 13.5. The number of amides is 1. The summed E-state index contributed by atoms with van der Waals surface area (Å²) in [5.41, 5.74) is -6.76. The summed E-state index contributed by atoms with van der Waals surface area (Å²) >= 11 is 3.37. The molecule has 1 N–H and O–H groups in total. The Morgan fingerprint density at radius 3 is 1.80 bits per heavy atom. The van der Waals surface area contributed by atoms with Gasteiger partial charge in [-0.2, -0.15) is 43.9 Å². The van der Waals surface area contributed by atoms with Gasteiger partial charge in [0.05, 0.1) is 10.2 Å². The average molecular weight is 537 g/mol. The van der Waals surface area contributed by atoms with Crippen molar-refractivity contribution in [3.63, 3.8) is 0 Å². The summed E-state index contributed by atoms with van der Waals surface area (Å²) < 4.78 is 151. The number of benzene rings is 1. The normalized spacial score (nSPS) is 25.1. The molecule has 1 fully saturated rings. The van der Waals surface area contributed by atoms with Gasteiger partial charge < -0.3 is 0 Å². The van der Waals surface area contributed by atoms with E-state index in [0.717, 1.165) is 5.32 Å². The molecule has 1 amide bonds. The Balaban J connectivity index is 2.13. The molecule has 0 atom stereocenters. The number of halogens is 12. The van der Waals surface area contributed by atoms with Gasteiger partial charge in [0, 0.05) is 4.47 Å². The van der Waals surface area contributed by atoms with Gasteiger partial charge in [0.2, 0.25) is 0 Å². The van der Waals surface area contributed by atoms with E-state index in [0.29, 0.717) is 15.8 Å². The first-order valence-corrected chi connectivity index (χ1v) is 8.92. The number of fused-ring (bicyclic) bond motifs is 1. The van der Waals surface area contributed by atoms with Crippen LogP contribution >= 0.6 is 27.3 Å². The van der Waals surface area contributed by atoms with Gasteiger partial charge in [-0.1, -0.05) is 27.3 Å². The maximum absolute atomic E-state index is 14.6. The lowest BCUT2D eigenvalue weighted by molar-refractivity contribution is -0.475. The minimum Gasteiger partial charge on any atom is -0.299 e. The number of carbonyl (C=O) groups is 1. The first-order valence-electron chi connectivity index (χ1n) is 7.32. The first-order chi connectivity index (χ1) is 13.4. The molecule has 1 heterocycles. The SMILES string of the molecule is O=C(Nc1nc2ccc(Br)cc2s1)C1(F)C(F)(F)C(F)(F)C(F)(F)C(F)(F)C1(F)F. The van der Waals surface area contributed by atoms with Gasteiger partial charge in [-0.05, 0) is 18.2 Å². The summed E-state index contributed by atoms with van der Waals surface area (Å²) in [6.07, 6.45) is 0. The molecule has 1 aromatic heterocycles. The Kier molecular flexibility index (Phi) is 4.72. The average Bonchev–Trinajstić information content (AvgIpc) is 3.00. The fourth-order valence-corrected chi connectivity index (χ4v) is 4.05. The Morgan fingerprint density at radius 2 is 1.30 bits per heavy atom. The minimum atomic E-state index is -7.38. The summed E-state index contributed by atoms with van der Waals surface area (Å²) in [6.45, 7) is 0. The smallest absolute Gasteiger partial charge is 0.299 e. The van der Waals surface area contributed by atoms with Crippen LogP contribution in [0.4, 0.5) is 53.4 Å². The molecule has 0 saturated heterocycles. The summed E-state index contributed by atoms with van der Waals surface area (Å²) in [5, 5.41) is 0.0658. The number of nitrogens with one attached hydrogen (secondary N) is 1. The molecule has 3 rings (SSSR count). The van der Waals surface area contributed by atoms with E-state index in [4.69, 9.17) is 0 Å². The fraction of sp³-hybridized carbons (Fsp3) is 0.429. The highest BCUT2D eigenvalue weighted by molar-refractivity contribution is 9.10. The molecule has 30 heavy (non-hydrogen) atoms. The van der Waals surface area contributed by atoms with Crippen molar-refractivity contribution in [2.24, 2.45) is 0 Å². The van der Waals surface area contributed by atoms with Gasteiger partial charge in [0.15, 0.2) is 5.13 Å². The van der Waals surface area contributed by atoms with Gasteiger partial charge in [-0.25, -0.2) is 9.37 Å². The summed E-state index contributed by atoms with van der Waals surface area (Å²) in [7, 11) is 0. The van der Waals surface area contributed by atoms with Crippen LogP contribution in [0.3, 0.4) is 0 Å². The lowest BCUT2D eigenvalue weighted by Gasteiger charge is -2.51. The quantitative estimate of drug-likeness (QED) is 0.486. The molecule has 1 saturated carbocycles. The monoisotopic (exact) mass is 536 g/mol. The minimum absolute atomic E-state index is 0.00392. The molecule has 16 heteroatoms. The van der Waals surface area contributed by atoms with E-state index in [1.54, 1.807) is 0 Å². The standard InChI is InChI=1S/C14H4BrF11N2OS/c15-4-1-2-5-6(3-4)30-8(27-5)28-7(29)9(16)10(17,18)12(21,22)14(25,26)13(23,24)11(9,19)20/h1-3H,(H,27,28,29). The molecular formula is C14H4BrF11N2OS. The maximum atomic E-state index is 14.6. The van der Waals surface area contributed by atoms with Crippen LogP contribution in [0.1, 0.15) is 0 Å². The second kappa shape index (κ2) is 6.17. The van der Waals surface area contributed by atoms with Crippen LogP contribution in [0.25, 0.3) is 10.2 Å². The van der Waals surface area contributed by atoms with Crippen molar-refractivity contribution in [2.75, 3.05) is 5.32 Å². The highest BCUT2D eigenvalue weighted by Crippen LogP contribution is 2.69. The van der Waals surface area contributed by atoms with Crippen molar-refractivity contribution in [3.8, 4) is 0 Å². The van der Waals surface area contributed by atoms with Crippen LogP contribution in [0.5, 0.6) is 0 Å². The number of hydrogen-bond acceptors (Lipinski definition) is 3. The van der Waals surface area contributed by atoms with Crippen LogP contribution in [-0.4, -0.2) is 46.2 Å². The van der Waals surface area contributed by atoms with Crippen LogP contribution in [0.2, 0.25) is 0 Å². The molecule has 2 aromatic rings. The predicted octanol–water partition coefficient (Wildman–Crippen LogP) is 5.90. The Bertz CT molecular complexity index is 1010. The number of thiazole rings is 1. The lowest BCUT2D eigenvalue weighted by Crippen LogP contribution is -2.86. The lowest BCUT2D eigenvalue weighted by atomic mass is 9.71. The second-order valence-corrected chi connectivity index (χ2v) is 8.06. The van der Waals surface area contributed by atoms with Crippen LogP contribution in [0.15, 0.2) is 22.7 Å². The summed E-state index contributed by atoms with van der Waals surface area (Å²) in [6, 6.07) is 3.96. The Morgan fingerprint density at radius 1 is 0.833 bits per heavy atom. The van der Waals surface area contributed by atoms with Crippen LogP contribution in [0, 0.1) is 0 Å². The molecule has 0 unspecified atom stereocenters. The van der Waals surface area contributed by atoms with E-state index in [1.165, 1.54) is 18.2 Å². The highest BCUT2D eigenvalue weighted by Gasteiger charge is 3.02. The third kappa shape index (κ3) is 2.42. The number of hydrogen-bond donors (Lipinski definition) is 1. The molecule has 0 bridgehead atoms. The van der Waals surface area contributed by atoms with Gasteiger partial charge in [-0.15, -0.1) is 0 Å². The van der Waals surface area contributed by atoms with Crippen molar-refractivity contribution in [3.05, 3.63) is 22.7 Å². The molecule has 3 nitrogen and oxygen atoms in total. The topological polar surface area (TPSA) is 42.0 Å².